The molecule has 2 aliphatic heterocycles. The fourth-order valence-electron chi connectivity index (χ4n) is 4.18. The van der Waals surface area contributed by atoms with Gasteiger partial charge in [0.15, 0.2) is 11.5 Å². The Bertz CT molecular complexity index is 914. The van der Waals surface area contributed by atoms with E-state index in [-0.39, 0.29) is 5.91 Å². The second-order valence-electron chi connectivity index (χ2n) is 8.48. The van der Waals surface area contributed by atoms with E-state index >= 15 is 0 Å². The van der Waals surface area contributed by atoms with Crippen molar-refractivity contribution in [2.75, 3.05) is 44.3 Å². The molecule has 4 rings (SSSR count). The molecule has 2 aromatic rings. The van der Waals surface area contributed by atoms with Crippen LogP contribution < -0.4 is 14.4 Å². The van der Waals surface area contributed by atoms with E-state index in [9.17, 15) is 4.79 Å². The highest BCUT2D eigenvalue weighted by molar-refractivity contribution is 5.88. The van der Waals surface area contributed by atoms with Gasteiger partial charge in [0.25, 0.3) is 0 Å². The van der Waals surface area contributed by atoms with Crippen LogP contribution in [0.25, 0.3) is 0 Å². The number of hydrogen-bond donors (Lipinski definition) is 0. The van der Waals surface area contributed by atoms with E-state index in [1.54, 1.807) is 0 Å². The molecule has 0 bridgehead atoms. The first-order chi connectivity index (χ1) is 13.9. The molecule has 29 heavy (non-hydrogen) atoms. The van der Waals surface area contributed by atoms with Gasteiger partial charge in [-0.15, -0.1) is 0 Å². The van der Waals surface area contributed by atoms with Crippen molar-refractivity contribution in [3.63, 3.8) is 0 Å². The Morgan fingerprint density at radius 1 is 0.931 bits per heavy atom. The fourth-order valence-corrected chi connectivity index (χ4v) is 4.18. The summed E-state index contributed by atoms with van der Waals surface area (Å²) >= 11 is 0. The lowest BCUT2D eigenvalue weighted by Crippen LogP contribution is -2.53. The minimum Gasteiger partial charge on any atom is -0.486 e. The molecule has 2 aromatic carbocycles. The van der Waals surface area contributed by atoms with E-state index in [0.717, 1.165) is 43.2 Å². The number of rotatable bonds is 3. The molecule has 2 aliphatic rings. The summed E-state index contributed by atoms with van der Waals surface area (Å²) in [5, 5.41) is 0. The molecule has 5 heteroatoms. The number of amides is 1. The summed E-state index contributed by atoms with van der Waals surface area (Å²) in [5.74, 6) is 1.65. The van der Waals surface area contributed by atoms with Gasteiger partial charge in [0, 0.05) is 31.9 Å². The lowest BCUT2D eigenvalue weighted by molar-refractivity contribution is -0.136. The van der Waals surface area contributed by atoms with E-state index in [0.29, 0.717) is 13.2 Å². The largest absolute Gasteiger partial charge is 0.486 e. The molecule has 0 aliphatic carbocycles. The summed E-state index contributed by atoms with van der Waals surface area (Å²) in [6, 6.07) is 12.3. The van der Waals surface area contributed by atoms with Crippen molar-refractivity contribution in [1.29, 1.82) is 0 Å². The summed E-state index contributed by atoms with van der Waals surface area (Å²) in [6.07, 6.45) is 0. The standard InChI is InChI=1S/C24H30N2O3/c1-17-6-5-7-20(18(17)2)25-10-12-26(13-11-25)23(27)24(3,4)19-8-9-21-22(16-19)29-15-14-28-21/h5-9,16H,10-15H2,1-4H3. The van der Waals surface area contributed by atoms with Gasteiger partial charge in [-0.05, 0) is 62.6 Å². The topological polar surface area (TPSA) is 42.0 Å². The van der Waals surface area contributed by atoms with Crippen LogP contribution in [-0.2, 0) is 10.2 Å². The van der Waals surface area contributed by atoms with E-state index in [2.05, 4.69) is 36.9 Å². The number of fused-ring (bicyclic) bond motifs is 1. The first-order valence-corrected chi connectivity index (χ1v) is 10.4. The molecule has 5 nitrogen and oxygen atoms in total. The normalized spacial score (nSPS) is 16.7. The fraction of sp³-hybridized carbons (Fsp3) is 0.458. The molecule has 0 atom stereocenters. The van der Waals surface area contributed by atoms with Crippen molar-refractivity contribution in [3.8, 4) is 11.5 Å². The maximum atomic E-state index is 13.4. The summed E-state index contributed by atoms with van der Waals surface area (Å²) < 4.78 is 11.3. The van der Waals surface area contributed by atoms with Gasteiger partial charge < -0.3 is 19.3 Å². The van der Waals surface area contributed by atoms with Crippen LogP contribution in [0.5, 0.6) is 11.5 Å². The van der Waals surface area contributed by atoms with E-state index in [4.69, 9.17) is 9.47 Å². The molecule has 0 unspecified atom stereocenters. The van der Waals surface area contributed by atoms with Crippen molar-refractivity contribution in [1.82, 2.24) is 4.90 Å². The molecule has 0 spiro atoms. The Morgan fingerprint density at radius 3 is 2.34 bits per heavy atom. The molecule has 2 heterocycles. The van der Waals surface area contributed by atoms with Crippen molar-refractivity contribution in [3.05, 3.63) is 53.1 Å². The van der Waals surface area contributed by atoms with Crippen LogP contribution in [0.2, 0.25) is 0 Å². The highest BCUT2D eigenvalue weighted by Gasteiger charge is 2.36. The van der Waals surface area contributed by atoms with Gasteiger partial charge in [0.1, 0.15) is 13.2 Å². The van der Waals surface area contributed by atoms with E-state index in [1.165, 1.54) is 16.8 Å². The first kappa shape index (κ1) is 19.6. The summed E-state index contributed by atoms with van der Waals surface area (Å²) in [4.78, 5) is 17.8. The van der Waals surface area contributed by atoms with Crippen LogP contribution in [0.4, 0.5) is 5.69 Å². The molecule has 0 saturated carbocycles. The second kappa shape index (κ2) is 7.62. The van der Waals surface area contributed by atoms with E-state index < -0.39 is 5.41 Å². The Balaban J connectivity index is 1.47. The lowest BCUT2D eigenvalue weighted by atomic mass is 9.82. The van der Waals surface area contributed by atoms with Crippen molar-refractivity contribution >= 4 is 11.6 Å². The van der Waals surface area contributed by atoms with Gasteiger partial charge in [0.05, 0.1) is 5.41 Å². The maximum Gasteiger partial charge on any atom is 0.232 e. The monoisotopic (exact) mass is 394 g/mol. The number of benzene rings is 2. The third-order valence-electron chi connectivity index (χ3n) is 6.28. The van der Waals surface area contributed by atoms with E-state index in [1.807, 2.05) is 36.9 Å². The molecule has 1 fully saturated rings. The average Bonchev–Trinajstić information content (AvgIpc) is 2.75. The van der Waals surface area contributed by atoms with Gasteiger partial charge in [-0.3, -0.25) is 4.79 Å². The number of carbonyl (C=O) groups excluding carboxylic acids is 1. The SMILES string of the molecule is Cc1cccc(N2CCN(C(=O)C(C)(C)c3ccc4c(c3)OCCO4)CC2)c1C. The molecule has 0 aromatic heterocycles. The average molecular weight is 395 g/mol. The molecule has 1 saturated heterocycles. The predicted molar refractivity (Wildman–Crippen MR) is 115 cm³/mol. The number of ether oxygens (including phenoxy) is 2. The van der Waals surface area contributed by atoms with Crippen LogP contribution in [0.3, 0.4) is 0 Å². The number of piperazine rings is 1. The molecular weight excluding hydrogens is 364 g/mol. The second-order valence-corrected chi connectivity index (χ2v) is 8.48. The van der Waals surface area contributed by atoms with Crippen LogP contribution in [0.15, 0.2) is 36.4 Å². The zero-order chi connectivity index (χ0) is 20.6. The van der Waals surface area contributed by atoms with Crippen molar-refractivity contribution < 1.29 is 14.3 Å². The Morgan fingerprint density at radius 2 is 1.62 bits per heavy atom. The van der Waals surface area contributed by atoms with Crippen LogP contribution in [-0.4, -0.2) is 50.2 Å². The smallest absolute Gasteiger partial charge is 0.232 e. The zero-order valence-corrected chi connectivity index (χ0v) is 17.8. The number of aryl methyl sites for hydroxylation is 1. The van der Waals surface area contributed by atoms with Gasteiger partial charge in [0.2, 0.25) is 5.91 Å². The minimum atomic E-state index is -0.614. The molecule has 0 radical (unpaired) electrons. The maximum absolute atomic E-state index is 13.4. The lowest BCUT2D eigenvalue weighted by Gasteiger charge is -2.40. The first-order valence-electron chi connectivity index (χ1n) is 10.4. The Hall–Kier alpha value is -2.69. The highest BCUT2D eigenvalue weighted by Crippen LogP contribution is 2.36. The number of hydrogen-bond acceptors (Lipinski definition) is 4. The summed E-state index contributed by atoms with van der Waals surface area (Å²) in [6.45, 7) is 12.6. The molecule has 0 N–H and O–H groups in total. The molecule has 154 valence electrons. The highest BCUT2D eigenvalue weighted by atomic mass is 16.6. The minimum absolute atomic E-state index is 0.162. The quantitative estimate of drug-likeness (QED) is 0.796. The van der Waals surface area contributed by atoms with Gasteiger partial charge >= 0.3 is 0 Å². The number of anilines is 1. The number of nitrogens with zero attached hydrogens (tertiary/aromatic N) is 2. The molecular formula is C24H30N2O3. The molecule has 1 amide bonds. The Kier molecular flexibility index (Phi) is 5.15. The van der Waals surface area contributed by atoms with Crippen LogP contribution >= 0.6 is 0 Å². The third-order valence-corrected chi connectivity index (χ3v) is 6.28. The summed E-state index contributed by atoms with van der Waals surface area (Å²) in [5.41, 5.74) is 4.26. The third kappa shape index (κ3) is 3.66. The predicted octanol–water partition coefficient (Wildman–Crippen LogP) is 3.70. The van der Waals surface area contributed by atoms with Crippen LogP contribution in [0, 0.1) is 13.8 Å². The van der Waals surface area contributed by atoms with Gasteiger partial charge in [-0.1, -0.05) is 18.2 Å². The van der Waals surface area contributed by atoms with Crippen molar-refractivity contribution in [2.45, 2.75) is 33.1 Å². The Labute approximate surface area is 173 Å². The zero-order valence-electron chi connectivity index (χ0n) is 17.8. The number of carbonyl (C=O) groups is 1. The summed E-state index contributed by atoms with van der Waals surface area (Å²) in [7, 11) is 0. The van der Waals surface area contributed by atoms with Gasteiger partial charge in [-0.25, -0.2) is 0 Å². The van der Waals surface area contributed by atoms with Gasteiger partial charge in [-0.2, -0.15) is 0 Å². The van der Waals surface area contributed by atoms with Crippen LogP contribution in [0.1, 0.15) is 30.5 Å². The van der Waals surface area contributed by atoms with Crippen molar-refractivity contribution in [2.24, 2.45) is 0 Å².